The number of carbonyl (C=O) groups excluding carboxylic acids is 1. The fourth-order valence-corrected chi connectivity index (χ4v) is 2.51. The second kappa shape index (κ2) is 5.36. The summed E-state index contributed by atoms with van der Waals surface area (Å²) < 4.78 is 0. The lowest BCUT2D eigenvalue weighted by molar-refractivity contribution is 0.102. The number of hydrogen-bond acceptors (Lipinski definition) is 4. The second-order valence-electron chi connectivity index (χ2n) is 5.03. The van der Waals surface area contributed by atoms with Crippen molar-refractivity contribution in [1.82, 2.24) is 0 Å². The van der Waals surface area contributed by atoms with Gasteiger partial charge in [0, 0.05) is 17.9 Å². The number of fused-ring (bicyclic) bond motifs is 1. The summed E-state index contributed by atoms with van der Waals surface area (Å²) in [5, 5.41) is 25.4. The van der Waals surface area contributed by atoms with Crippen molar-refractivity contribution in [2.75, 3.05) is 17.2 Å². The second-order valence-corrected chi connectivity index (χ2v) is 5.03. The van der Waals surface area contributed by atoms with E-state index in [2.05, 4.69) is 10.6 Å². The molecule has 5 heteroatoms. The molecule has 108 valence electrons. The Morgan fingerprint density at radius 3 is 2.67 bits per heavy atom. The molecule has 4 N–H and O–H groups in total. The maximum atomic E-state index is 12.2. The molecule has 0 unspecified atom stereocenters. The van der Waals surface area contributed by atoms with E-state index in [1.54, 1.807) is 6.07 Å². The summed E-state index contributed by atoms with van der Waals surface area (Å²) in [7, 11) is 0. The van der Waals surface area contributed by atoms with Crippen molar-refractivity contribution in [3.8, 4) is 11.5 Å². The number of phenolic OH excluding ortho intramolecular Hbond substituents is 2. The van der Waals surface area contributed by atoms with Crippen molar-refractivity contribution >= 4 is 17.3 Å². The highest BCUT2D eigenvalue weighted by atomic mass is 16.3. The minimum absolute atomic E-state index is 0.117. The van der Waals surface area contributed by atoms with Crippen LogP contribution in [0.5, 0.6) is 11.5 Å². The Hall–Kier alpha value is -2.69. The molecule has 0 aromatic heterocycles. The van der Waals surface area contributed by atoms with Crippen LogP contribution in [0.3, 0.4) is 0 Å². The van der Waals surface area contributed by atoms with Crippen molar-refractivity contribution in [1.29, 1.82) is 0 Å². The first-order valence-electron chi connectivity index (χ1n) is 6.84. The van der Waals surface area contributed by atoms with Gasteiger partial charge in [-0.3, -0.25) is 4.79 Å². The lowest BCUT2D eigenvalue weighted by atomic mass is 10.0. The number of aryl methyl sites for hydroxylation is 1. The zero-order chi connectivity index (χ0) is 14.8. The summed E-state index contributed by atoms with van der Waals surface area (Å²) in [4.78, 5) is 12.2. The van der Waals surface area contributed by atoms with E-state index in [9.17, 15) is 15.0 Å². The maximum absolute atomic E-state index is 12.2. The lowest BCUT2D eigenvalue weighted by Crippen LogP contribution is -2.15. The molecule has 0 aliphatic carbocycles. The molecule has 0 spiro atoms. The SMILES string of the molecule is O=C(Nc1ccc2c(c1)CCCN2)c1c(O)cccc1O. The smallest absolute Gasteiger partial charge is 0.263 e. The number of amides is 1. The zero-order valence-corrected chi connectivity index (χ0v) is 11.4. The van der Waals surface area contributed by atoms with Crippen LogP contribution in [0.4, 0.5) is 11.4 Å². The van der Waals surface area contributed by atoms with Gasteiger partial charge in [0.15, 0.2) is 0 Å². The summed E-state index contributed by atoms with van der Waals surface area (Å²) in [5.41, 5.74) is 2.77. The quantitative estimate of drug-likeness (QED) is 0.683. The molecule has 3 rings (SSSR count). The summed E-state index contributed by atoms with van der Waals surface area (Å²) >= 11 is 0. The molecule has 1 amide bonds. The molecular formula is C16H16N2O3. The van der Waals surface area contributed by atoms with Gasteiger partial charge in [-0.1, -0.05) is 6.07 Å². The molecule has 0 radical (unpaired) electrons. The first kappa shape index (κ1) is 13.3. The molecular weight excluding hydrogens is 268 g/mol. The van der Waals surface area contributed by atoms with Gasteiger partial charge in [-0.05, 0) is 48.7 Å². The molecule has 1 heterocycles. The van der Waals surface area contributed by atoms with Gasteiger partial charge >= 0.3 is 0 Å². The lowest BCUT2D eigenvalue weighted by Gasteiger charge is -2.19. The van der Waals surface area contributed by atoms with Gasteiger partial charge in [-0.15, -0.1) is 0 Å². The summed E-state index contributed by atoms with van der Waals surface area (Å²) in [6.07, 6.45) is 2.03. The Balaban J connectivity index is 1.85. The molecule has 1 aliphatic rings. The Morgan fingerprint density at radius 1 is 1.14 bits per heavy atom. The van der Waals surface area contributed by atoms with E-state index in [-0.39, 0.29) is 17.1 Å². The first-order chi connectivity index (χ1) is 10.1. The third kappa shape index (κ3) is 2.63. The number of aromatic hydroxyl groups is 2. The number of hydrogen-bond donors (Lipinski definition) is 4. The highest BCUT2D eigenvalue weighted by Crippen LogP contribution is 2.29. The van der Waals surface area contributed by atoms with E-state index in [1.165, 1.54) is 18.2 Å². The average Bonchev–Trinajstić information content (AvgIpc) is 2.47. The van der Waals surface area contributed by atoms with E-state index in [1.807, 2.05) is 12.1 Å². The van der Waals surface area contributed by atoms with Crippen molar-refractivity contribution < 1.29 is 15.0 Å². The zero-order valence-electron chi connectivity index (χ0n) is 11.4. The van der Waals surface area contributed by atoms with E-state index < -0.39 is 5.91 Å². The van der Waals surface area contributed by atoms with Crippen LogP contribution in [0.15, 0.2) is 36.4 Å². The predicted octanol–water partition coefficient (Wildman–Crippen LogP) is 2.71. The summed E-state index contributed by atoms with van der Waals surface area (Å²) in [5.74, 6) is -1.02. The van der Waals surface area contributed by atoms with Gasteiger partial charge in [-0.25, -0.2) is 0 Å². The Labute approximate surface area is 122 Å². The first-order valence-corrected chi connectivity index (χ1v) is 6.84. The van der Waals surface area contributed by atoms with Gasteiger partial charge in [0.2, 0.25) is 0 Å². The number of anilines is 2. The van der Waals surface area contributed by atoms with Crippen LogP contribution in [-0.2, 0) is 6.42 Å². The Bertz CT molecular complexity index is 678. The Kier molecular flexibility index (Phi) is 3.39. The Morgan fingerprint density at radius 2 is 1.90 bits per heavy atom. The van der Waals surface area contributed by atoms with Crippen molar-refractivity contribution in [3.63, 3.8) is 0 Å². The maximum Gasteiger partial charge on any atom is 0.263 e. The standard InChI is InChI=1S/C16H16N2O3/c19-13-4-1-5-14(20)15(13)16(21)18-11-6-7-12-10(9-11)3-2-8-17-12/h1,4-7,9,17,19-20H,2-3,8H2,(H,18,21). The molecule has 1 aliphatic heterocycles. The number of nitrogens with one attached hydrogen (secondary N) is 2. The van der Waals surface area contributed by atoms with Crippen molar-refractivity contribution in [3.05, 3.63) is 47.5 Å². The monoisotopic (exact) mass is 284 g/mol. The topological polar surface area (TPSA) is 81.6 Å². The number of phenols is 2. The number of benzene rings is 2. The van der Waals surface area contributed by atoms with Crippen LogP contribution in [0.1, 0.15) is 22.3 Å². The van der Waals surface area contributed by atoms with E-state index in [4.69, 9.17) is 0 Å². The molecule has 0 saturated carbocycles. The van der Waals surface area contributed by atoms with Gasteiger partial charge in [0.25, 0.3) is 5.91 Å². The van der Waals surface area contributed by atoms with Gasteiger partial charge in [0.05, 0.1) is 0 Å². The van der Waals surface area contributed by atoms with Gasteiger partial charge in [-0.2, -0.15) is 0 Å². The molecule has 2 aromatic carbocycles. The third-order valence-electron chi connectivity index (χ3n) is 3.55. The third-order valence-corrected chi connectivity index (χ3v) is 3.55. The number of rotatable bonds is 2. The van der Waals surface area contributed by atoms with E-state index >= 15 is 0 Å². The fourth-order valence-electron chi connectivity index (χ4n) is 2.51. The summed E-state index contributed by atoms with van der Waals surface area (Å²) in [6.45, 7) is 0.963. The highest BCUT2D eigenvalue weighted by molar-refractivity contribution is 6.08. The van der Waals surface area contributed by atoms with Crippen molar-refractivity contribution in [2.24, 2.45) is 0 Å². The fraction of sp³-hybridized carbons (Fsp3) is 0.188. The molecule has 21 heavy (non-hydrogen) atoms. The highest BCUT2D eigenvalue weighted by Gasteiger charge is 2.17. The van der Waals surface area contributed by atoms with Gasteiger partial charge < -0.3 is 20.8 Å². The van der Waals surface area contributed by atoms with Crippen LogP contribution < -0.4 is 10.6 Å². The minimum Gasteiger partial charge on any atom is -0.507 e. The summed E-state index contributed by atoms with van der Waals surface area (Å²) in [6, 6.07) is 9.85. The van der Waals surface area contributed by atoms with Crippen LogP contribution >= 0.6 is 0 Å². The molecule has 0 atom stereocenters. The molecule has 2 aromatic rings. The van der Waals surface area contributed by atoms with Crippen LogP contribution in [-0.4, -0.2) is 22.7 Å². The van der Waals surface area contributed by atoms with Crippen LogP contribution in [0.25, 0.3) is 0 Å². The predicted molar refractivity (Wildman–Crippen MR) is 81.0 cm³/mol. The largest absolute Gasteiger partial charge is 0.507 e. The van der Waals surface area contributed by atoms with E-state index in [0.29, 0.717) is 5.69 Å². The normalized spacial score (nSPS) is 13.1. The van der Waals surface area contributed by atoms with Gasteiger partial charge in [0.1, 0.15) is 17.1 Å². The molecule has 0 fully saturated rings. The minimum atomic E-state index is -0.533. The molecule has 0 saturated heterocycles. The molecule has 5 nitrogen and oxygen atoms in total. The van der Waals surface area contributed by atoms with Crippen LogP contribution in [0.2, 0.25) is 0 Å². The molecule has 0 bridgehead atoms. The number of carbonyl (C=O) groups is 1. The van der Waals surface area contributed by atoms with Crippen LogP contribution in [0, 0.1) is 0 Å². The average molecular weight is 284 g/mol. The van der Waals surface area contributed by atoms with Crippen molar-refractivity contribution in [2.45, 2.75) is 12.8 Å². The van der Waals surface area contributed by atoms with E-state index in [0.717, 1.165) is 30.6 Å².